The Morgan fingerprint density at radius 2 is 1.67 bits per heavy atom. The number of fused-ring (bicyclic) bond motifs is 1. The first kappa shape index (κ1) is 16.7. The fourth-order valence-corrected chi connectivity index (χ4v) is 3.34. The van der Waals surface area contributed by atoms with Crippen molar-refractivity contribution in [3.63, 3.8) is 0 Å². The van der Waals surface area contributed by atoms with Crippen LogP contribution in [-0.2, 0) is 6.42 Å². The number of hydrogen-bond donors (Lipinski definition) is 2. The van der Waals surface area contributed by atoms with E-state index in [9.17, 15) is 8.78 Å². The van der Waals surface area contributed by atoms with E-state index in [-0.39, 0.29) is 0 Å². The third kappa shape index (κ3) is 3.20. The molecule has 0 aliphatic carbocycles. The standard InChI is InChI=1S/C20H22F2N2/c1-12-7-13(2)9-14(8-12)19-16(5-3-4-6-23)17-10-15(21)11-18(22)20(17)24-19/h7-11,24H,3-6,23H2,1-2H3. The summed E-state index contributed by atoms with van der Waals surface area (Å²) in [5, 5.41) is 0.624. The minimum atomic E-state index is -0.555. The van der Waals surface area contributed by atoms with E-state index in [1.165, 1.54) is 6.07 Å². The van der Waals surface area contributed by atoms with Gasteiger partial charge in [0, 0.05) is 17.1 Å². The molecule has 0 radical (unpaired) electrons. The Hall–Kier alpha value is -2.20. The van der Waals surface area contributed by atoms with Crippen LogP contribution in [0.1, 0.15) is 29.5 Å². The molecule has 0 aliphatic rings. The quantitative estimate of drug-likeness (QED) is 0.635. The second kappa shape index (κ2) is 6.73. The van der Waals surface area contributed by atoms with Crippen LogP contribution in [0.3, 0.4) is 0 Å². The smallest absolute Gasteiger partial charge is 0.150 e. The third-order valence-corrected chi connectivity index (χ3v) is 4.32. The average Bonchev–Trinajstić information content (AvgIpc) is 2.86. The molecule has 0 unspecified atom stereocenters. The SMILES string of the molecule is Cc1cc(C)cc(-c2[nH]c3c(F)cc(F)cc3c2CCCCN)c1. The molecule has 3 aromatic rings. The Morgan fingerprint density at radius 3 is 2.33 bits per heavy atom. The summed E-state index contributed by atoms with van der Waals surface area (Å²) in [6.07, 6.45) is 2.51. The minimum absolute atomic E-state index is 0.369. The third-order valence-electron chi connectivity index (χ3n) is 4.32. The predicted molar refractivity (Wildman–Crippen MR) is 95.1 cm³/mol. The maximum Gasteiger partial charge on any atom is 0.150 e. The lowest BCUT2D eigenvalue weighted by molar-refractivity contribution is 0.591. The highest BCUT2D eigenvalue weighted by molar-refractivity contribution is 5.91. The zero-order valence-electron chi connectivity index (χ0n) is 14.0. The van der Waals surface area contributed by atoms with Crippen LogP contribution in [0, 0.1) is 25.5 Å². The van der Waals surface area contributed by atoms with Gasteiger partial charge >= 0.3 is 0 Å². The van der Waals surface area contributed by atoms with E-state index in [4.69, 9.17) is 5.73 Å². The number of benzene rings is 2. The number of halogens is 2. The Bertz CT molecular complexity index is 861. The van der Waals surface area contributed by atoms with Crippen LogP contribution in [0.25, 0.3) is 22.2 Å². The van der Waals surface area contributed by atoms with Crippen molar-refractivity contribution in [1.29, 1.82) is 0 Å². The Balaban J connectivity index is 2.21. The van der Waals surface area contributed by atoms with Gasteiger partial charge < -0.3 is 10.7 Å². The van der Waals surface area contributed by atoms with Gasteiger partial charge in [0.2, 0.25) is 0 Å². The zero-order valence-corrected chi connectivity index (χ0v) is 14.0. The van der Waals surface area contributed by atoms with Crippen LogP contribution < -0.4 is 5.73 Å². The molecule has 0 spiro atoms. The molecule has 0 amide bonds. The van der Waals surface area contributed by atoms with Gasteiger partial charge in [-0.2, -0.15) is 0 Å². The van der Waals surface area contributed by atoms with Crippen molar-refractivity contribution >= 4 is 10.9 Å². The molecule has 0 atom stereocenters. The first-order valence-corrected chi connectivity index (χ1v) is 8.28. The van der Waals surface area contributed by atoms with E-state index in [1.54, 1.807) is 0 Å². The molecule has 1 aromatic heterocycles. The lowest BCUT2D eigenvalue weighted by Crippen LogP contribution is -1.99. The van der Waals surface area contributed by atoms with Crippen molar-refractivity contribution in [2.75, 3.05) is 6.54 Å². The molecule has 24 heavy (non-hydrogen) atoms. The van der Waals surface area contributed by atoms with Crippen molar-refractivity contribution in [1.82, 2.24) is 4.98 Å². The molecule has 3 N–H and O–H groups in total. The summed E-state index contributed by atoms with van der Waals surface area (Å²) in [7, 11) is 0. The van der Waals surface area contributed by atoms with E-state index >= 15 is 0 Å². The molecule has 1 heterocycles. The second-order valence-corrected chi connectivity index (χ2v) is 6.41. The number of rotatable bonds is 5. The number of unbranched alkanes of at least 4 members (excludes halogenated alkanes) is 1. The van der Waals surface area contributed by atoms with Crippen molar-refractivity contribution < 1.29 is 8.78 Å². The second-order valence-electron chi connectivity index (χ2n) is 6.41. The van der Waals surface area contributed by atoms with Crippen molar-refractivity contribution in [3.05, 3.63) is 58.7 Å². The van der Waals surface area contributed by atoms with Gasteiger partial charge in [0.05, 0.1) is 5.52 Å². The van der Waals surface area contributed by atoms with Gasteiger partial charge in [-0.3, -0.25) is 0 Å². The molecular formula is C20H22F2N2. The van der Waals surface area contributed by atoms with E-state index < -0.39 is 11.6 Å². The summed E-state index contributed by atoms with van der Waals surface area (Å²) >= 11 is 0. The summed E-state index contributed by atoms with van der Waals surface area (Å²) in [5.74, 6) is -1.10. The predicted octanol–water partition coefficient (Wildman–Crippen LogP) is 5.01. The molecular weight excluding hydrogens is 306 g/mol. The highest BCUT2D eigenvalue weighted by atomic mass is 19.1. The number of aromatic amines is 1. The fraction of sp³-hybridized carbons (Fsp3) is 0.300. The highest BCUT2D eigenvalue weighted by Crippen LogP contribution is 2.34. The summed E-state index contributed by atoms with van der Waals surface area (Å²) in [4.78, 5) is 3.18. The molecule has 0 aliphatic heterocycles. The zero-order chi connectivity index (χ0) is 17.3. The lowest BCUT2D eigenvalue weighted by atomic mass is 9.98. The molecule has 2 aromatic carbocycles. The number of nitrogens with one attached hydrogen (secondary N) is 1. The molecule has 126 valence electrons. The van der Waals surface area contributed by atoms with Gasteiger partial charge in [0.1, 0.15) is 11.6 Å². The maximum absolute atomic E-state index is 14.2. The molecule has 4 heteroatoms. The van der Waals surface area contributed by atoms with Crippen molar-refractivity contribution in [3.8, 4) is 11.3 Å². The highest BCUT2D eigenvalue weighted by Gasteiger charge is 2.17. The average molecular weight is 328 g/mol. The van der Waals surface area contributed by atoms with Crippen LogP contribution in [0.5, 0.6) is 0 Å². The number of nitrogens with two attached hydrogens (primary N) is 1. The summed E-state index contributed by atoms with van der Waals surface area (Å²) < 4.78 is 27.9. The molecule has 2 nitrogen and oxygen atoms in total. The van der Waals surface area contributed by atoms with Gasteiger partial charge in [0.15, 0.2) is 0 Å². The molecule has 0 saturated heterocycles. The van der Waals surface area contributed by atoms with Crippen molar-refractivity contribution in [2.24, 2.45) is 5.73 Å². The Labute approximate surface area is 140 Å². The van der Waals surface area contributed by atoms with Gasteiger partial charge in [-0.15, -0.1) is 0 Å². The van der Waals surface area contributed by atoms with Gasteiger partial charge in [0.25, 0.3) is 0 Å². The first-order chi connectivity index (χ1) is 11.5. The lowest BCUT2D eigenvalue weighted by Gasteiger charge is -2.08. The number of aromatic nitrogens is 1. The van der Waals surface area contributed by atoms with Crippen molar-refractivity contribution in [2.45, 2.75) is 33.1 Å². The molecule has 0 saturated carbocycles. The van der Waals surface area contributed by atoms with Crippen LogP contribution in [0.2, 0.25) is 0 Å². The molecule has 3 rings (SSSR count). The van der Waals surface area contributed by atoms with Gasteiger partial charge in [-0.25, -0.2) is 8.78 Å². The topological polar surface area (TPSA) is 41.8 Å². The number of hydrogen-bond acceptors (Lipinski definition) is 1. The summed E-state index contributed by atoms with van der Waals surface area (Å²) in [6, 6.07) is 8.57. The number of aryl methyl sites for hydroxylation is 3. The van der Waals surface area contributed by atoms with Crippen LogP contribution in [-0.4, -0.2) is 11.5 Å². The van der Waals surface area contributed by atoms with Crippen LogP contribution in [0.4, 0.5) is 8.78 Å². The van der Waals surface area contributed by atoms with E-state index in [0.717, 1.165) is 53.3 Å². The molecule has 0 bridgehead atoms. The van der Waals surface area contributed by atoms with Crippen LogP contribution >= 0.6 is 0 Å². The monoisotopic (exact) mass is 328 g/mol. The minimum Gasteiger partial charge on any atom is -0.352 e. The summed E-state index contributed by atoms with van der Waals surface area (Å²) in [5.41, 5.74) is 11.1. The fourth-order valence-electron chi connectivity index (χ4n) is 3.34. The van der Waals surface area contributed by atoms with E-state index in [2.05, 4.69) is 23.2 Å². The molecule has 0 fully saturated rings. The van der Waals surface area contributed by atoms with Gasteiger partial charge in [-0.05, 0) is 69.0 Å². The summed E-state index contributed by atoms with van der Waals surface area (Å²) in [6.45, 7) is 4.69. The Morgan fingerprint density at radius 1 is 0.958 bits per heavy atom. The Kier molecular flexibility index (Phi) is 4.67. The largest absolute Gasteiger partial charge is 0.352 e. The first-order valence-electron chi connectivity index (χ1n) is 8.28. The van der Waals surface area contributed by atoms with Crippen LogP contribution in [0.15, 0.2) is 30.3 Å². The number of H-pyrrole nitrogens is 1. The van der Waals surface area contributed by atoms with E-state index in [1.807, 2.05) is 13.8 Å². The maximum atomic E-state index is 14.2. The van der Waals surface area contributed by atoms with E-state index in [0.29, 0.717) is 17.4 Å². The van der Waals surface area contributed by atoms with Gasteiger partial charge in [-0.1, -0.05) is 17.2 Å². The normalized spacial score (nSPS) is 11.4.